The minimum absolute atomic E-state index is 0.718. The SMILES string of the molecule is Cc1nccn1-c1cccc(CNC2CC2)n1. The molecule has 1 N–H and O–H groups in total. The Morgan fingerprint density at radius 3 is 3.00 bits per heavy atom. The zero-order valence-electron chi connectivity index (χ0n) is 9.93. The maximum atomic E-state index is 4.64. The molecular formula is C13H16N4. The molecule has 0 aliphatic heterocycles. The van der Waals surface area contributed by atoms with Crippen molar-refractivity contribution in [1.29, 1.82) is 0 Å². The Morgan fingerprint density at radius 1 is 1.41 bits per heavy atom. The van der Waals surface area contributed by atoms with Crippen molar-refractivity contribution < 1.29 is 0 Å². The minimum atomic E-state index is 0.718. The van der Waals surface area contributed by atoms with Gasteiger partial charge in [0, 0.05) is 25.0 Å². The molecule has 0 bridgehead atoms. The molecule has 0 unspecified atom stereocenters. The Balaban J connectivity index is 1.80. The first-order valence-corrected chi connectivity index (χ1v) is 6.02. The third kappa shape index (κ3) is 2.36. The standard InChI is InChI=1S/C13H16N4/c1-10-14-7-8-17(10)13-4-2-3-12(16-13)9-15-11-5-6-11/h2-4,7-8,11,15H,5-6,9H2,1H3. The lowest BCUT2D eigenvalue weighted by molar-refractivity contribution is 0.672. The summed E-state index contributed by atoms with van der Waals surface area (Å²) in [4.78, 5) is 8.85. The van der Waals surface area contributed by atoms with Gasteiger partial charge in [0.2, 0.25) is 0 Å². The average molecular weight is 228 g/mol. The smallest absolute Gasteiger partial charge is 0.138 e. The van der Waals surface area contributed by atoms with Crippen molar-refractivity contribution in [2.24, 2.45) is 0 Å². The van der Waals surface area contributed by atoms with E-state index in [4.69, 9.17) is 0 Å². The van der Waals surface area contributed by atoms with Gasteiger partial charge in [0.25, 0.3) is 0 Å². The van der Waals surface area contributed by atoms with Crippen molar-refractivity contribution in [1.82, 2.24) is 19.9 Å². The predicted octanol–water partition coefficient (Wildman–Crippen LogP) is 1.83. The summed E-state index contributed by atoms with van der Waals surface area (Å²) in [5, 5.41) is 3.47. The summed E-state index contributed by atoms with van der Waals surface area (Å²) in [6.07, 6.45) is 6.35. The molecule has 2 heterocycles. The lowest BCUT2D eigenvalue weighted by Crippen LogP contribution is -2.16. The molecule has 1 fully saturated rings. The predicted molar refractivity (Wildman–Crippen MR) is 66.0 cm³/mol. The summed E-state index contributed by atoms with van der Waals surface area (Å²) in [5.41, 5.74) is 1.09. The highest BCUT2D eigenvalue weighted by Gasteiger charge is 2.20. The number of nitrogens with zero attached hydrogens (tertiary/aromatic N) is 3. The van der Waals surface area contributed by atoms with Crippen molar-refractivity contribution in [2.45, 2.75) is 32.4 Å². The number of aromatic nitrogens is 3. The Hall–Kier alpha value is -1.68. The number of aryl methyl sites for hydroxylation is 1. The molecule has 0 atom stereocenters. The third-order valence-corrected chi connectivity index (χ3v) is 3.01. The summed E-state index contributed by atoms with van der Waals surface area (Å²) in [6.45, 7) is 2.84. The molecule has 88 valence electrons. The van der Waals surface area contributed by atoms with Gasteiger partial charge in [0.15, 0.2) is 0 Å². The Labute approximate surface area is 101 Å². The van der Waals surface area contributed by atoms with E-state index in [9.17, 15) is 0 Å². The quantitative estimate of drug-likeness (QED) is 0.868. The Bertz CT molecular complexity index is 514. The van der Waals surface area contributed by atoms with Crippen LogP contribution in [-0.4, -0.2) is 20.6 Å². The zero-order valence-corrected chi connectivity index (χ0v) is 9.93. The van der Waals surface area contributed by atoms with Crippen LogP contribution in [0.3, 0.4) is 0 Å². The topological polar surface area (TPSA) is 42.7 Å². The molecule has 1 saturated carbocycles. The highest BCUT2D eigenvalue weighted by Crippen LogP contribution is 2.19. The molecular weight excluding hydrogens is 212 g/mol. The van der Waals surface area contributed by atoms with E-state index in [1.807, 2.05) is 29.8 Å². The molecule has 0 spiro atoms. The lowest BCUT2D eigenvalue weighted by atomic mass is 10.3. The molecule has 1 aliphatic carbocycles. The van der Waals surface area contributed by atoms with Gasteiger partial charge in [-0.2, -0.15) is 0 Å². The monoisotopic (exact) mass is 228 g/mol. The first-order chi connectivity index (χ1) is 8.33. The van der Waals surface area contributed by atoms with E-state index >= 15 is 0 Å². The Kier molecular flexibility index (Phi) is 2.65. The van der Waals surface area contributed by atoms with E-state index in [-0.39, 0.29) is 0 Å². The van der Waals surface area contributed by atoms with Gasteiger partial charge >= 0.3 is 0 Å². The Morgan fingerprint density at radius 2 is 2.29 bits per heavy atom. The number of hydrogen-bond acceptors (Lipinski definition) is 3. The summed E-state index contributed by atoms with van der Waals surface area (Å²) >= 11 is 0. The van der Waals surface area contributed by atoms with Crippen LogP contribution in [0.5, 0.6) is 0 Å². The molecule has 0 aromatic carbocycles. The van der Waals surface area contributed by atoms with Gasteiger partial charge in [0.05, 0.1) is 5.69 Å². The highest BCUT2D eigenvalue weighted by atomic mass is 15.1. The largest absolute Gasteiger partial charge is 0.308 e. The molecule has 0 saturated heterocycles. The van der Waals surface area contributed by atoms with Crippen molar-refractivity contribution in [3.8, 4) is 5.82 Å². The van der Waals surface area contributed by atoms with Crippen LogP contribution in [0.2, 0.25) is 0 Å². The van der Waals surface area contributed by atoms with E-state index in [0.29, 0.717) is 0 Å². The summed E-state index contributed by atoms with van der Waals surface area (Å²) in [6, 6.07) is 6.84. The number of imidazole rings is 1. The average Bonchev–Trinajstić information content (AvgIpc) is 3.08. The van der Waals surface area contributed by atoms with Crippen molar-refractivity contribution in [3.63, 3.8) is 0 Å². The van der Waals surface area contributed by atoms with E-state index in [2.05, 4.69) is 21.4 Å². The summed E-state index contributed by atoms with van der Waals surface area (Å²) in [5.74, 6) is 1.90. The fraction of sp³-hybridized carbons (Fsp3) is 0.385. The van der Waals surface area contributed by atoms with Gasteiger partial charge in [-0.25, -0.2) is 9.97 Å². The molecule has 3 rings (SSSR count). The second-order valence-electron chi connectivity index (χ2n) is 4.49. The molecule has 17 heavy (non-hydrogen) atoms. The van der Waals surface area contributed by atoms with Crippen LogP contribution < -0.4 is 5.32 Å². The number of rotatable bonds is 4. The van der Waals surface area contributed by atoms with Gasteiger partial charge in [-0.15, -0.1) is 0 Å². The first-order valence-electron chi connectivity index (χ1n) is 6.02. The van der Waals surface area contributed by atoms with Gasteiger partial charge in [0.1, 0.15) is 11.6 Å². The fourth-order valence-electron chi connectivity index (χ4n) is 1.86. The summed E-state index contributed by atoms with van der Waals surface area (Å²) < 4.78 is 2.00. The maximum Gasteiger partial charge on any atom is 0.138 e. The first kappa shape index (κ1) is 10.5. The maximum absolute atomic E-state index is 4.64. The molecule has 4 heteroatoms. The van der Waals surface area contributed by atoms with Gasteiger partial charge in [-0.3, -0.25) is 4.57 Å². The van der Waals surface area contributed by atoms with Crippen molar-refractivity contribution in [2.75, 3.05) is 0 Å². The minimum Gasteiger partial charge on any atom is -0.308 e. The number of hydrogen-bond donors (Lipinski definition) is 1. The molecule has 2 aromatic heterocycles. The van der Waals surface area contributed by atoms with E-state index < -0.39 is 0 Å². The van der Waals surface area contributed by atoms with Crippen LogP contribution in [0.15, 0.2) is 30.6 Å². The van der Waals surface area contributed by atoms with Crippen LogP contribution in [0.1, 0.15) is 24.4 Å². The van der Waals surface area contributed by atoms with Crippen LogP contribution >= 0.6 is 0 Å². The zero-order chi connectivity index (χ0) is 11.7. The molecule has 0 amide bonds. The fourth-order valence-corrected chi connectivity index (χ4v) is 1.86. The van der Waals surface area contributed by atoms with Crippen molar-refractivity contribution in [3.05, 3.63) is 42.1 Å². The number of pyridine rings is 1. The van der Waals surface area contributed by atoms with Crippen LogP contribution in [0.4, 0.5) is 0 Å². The molecule has 1 aliphatic rings. The molecule has 2 aromatic rings. The van der Waals surface area contributed by atoms with Crippen LogP contribution in [0.25, 0.3) is 5.82 Å². The van der Waals surface area contributed by atoms with Crippen LogP contribution in [-0.2, 0) is 6.54 Å². The summed E-state index contributed by atoms with van der Waals surface area (Å²) in [7, 11) is 0. The normalized spacial score (nSPS) is 15.1. The van der Waals surface area contributed by atoms with E-state index in [1.54, 1.807) is 6.20 Å². The lowest BCUT2D eigenvalue weighted by Gasteiger charge is -2.07. The molecule has 0 radical (unpaired) electrons. The number of nitrogens with one attached hydrogen (secondary N) is 1. The van der Waals surface area contributed by atoms with E-state index in [1.165, 1.54) is 12.8 Å². The van der Waals surface area contributed by atoms with Crippen molar-refractivity contribution >= 4 is 0 Å². The second-order valence-corrected chi connectivity index (χ2v) is 4.49. The van der Waals surface area contributed by atoms with E-state index in [0.717, 1.165) is 29.9 Å². The van der Waals surface area contributed by atoms with Gasteiger partial charge in [-0.1, -0.05) is 6.07 Å². The van der Waals surface area contributed by atoms with Gasteiger partial charge in [-0.05, 0) is 31.9 Å². The van der Waals surface area contributed by atoms with Gasteiger partial charge < -0.3 is 5.32 Å². The molecule has 4 nitrogen and oxygen atoms in total. The van der Waals surface area contributed by atoms with Crippen LogP contribution in [0, 0.1) is 6.92 Å². The second kappa shape index (κ2) is 4.30. The third-order valence-electron chi connectivity index (χ3n) is 3.01. The highest BCUT2D eigenvalue weighted by molar-refractivity contribution is 5.26.